The summed E-state index contributed by atoms with van der Waals surface area (Å²) in [5.74, 6) is -1.52. The number of carbonyl (C=O) groups is 1. The Labute approximate surface area is 111 Å². The number of ether oxygens (including phenoxy) is 1. The number of carboxylic acids is 1. The second-order valence-electron chi connectivity index (χ2n) is 4.50. The fourth-order valence-corrected chi connectivity index (χ4v) is 2.24. The number of halogens is 1. The van der Waals surface area contributed by atoms with Crippen LogP contribution in [0.25, 0.3) is 0 Å². The van der Waals surface area contributed by atoms with Crippen molar-refractivity contribution in [2.24, 2.45) is 0 Å². The van der Waals surface area contributed by atoms with Crippen LogP contribution in [-0.4, -0.2) is 41.9 Å². The maximum atomic E-state index is 13.1. The molecule has 1 fully saturated rings. The highest BCUT2D eigenvalue weighted by Gasteiger charge is 2.23. The van der Waals surface area contributed by atoms with E-state index in [0.29, 0.717) is 18.9 Å². The van der Waals surface area contributed by atoms with Gasteiger partial charge in [0.2, 0.25) is 0 Å². The van der Waals surface area contributed by atoms with Crippen LogP contribution < -0.4 is 4.90 Å². The molecular formula is C13H17FN2O3. The van der Waals surface area contributed by atoms with Crippen molar-refractivity contribution >= 4 is 11.8 Å². The van der Waals surface area contributed by atoms with E-state index in [4.69, 9.17) is 9.84 Å². The standard InChI is InChI=1S/C13H17FN2O3/c1-2-16(8-10-4-3-5-19-10)12-11(13(17)18)6-9(14)7-15-12/h6-7,10H,2-5,8H2,1H3,(H,17,18). The molecule has 0 aromatic carbocycles. The van der Waals surface area contributed by atoms with Crippen LogP contribution in [-0.2, 0) is 4.74 Å². The number of aromatic nitrogens is 1. The van der Waals surface area contributed by atoms with E-state index in [0.717, 1.165) is 31.7 Å². The molecule has 1 atom stereocenters. The number of nitrogens with zero attached hydrogens (tertiary/aromatic N) is 2. The number of hydrogen-bond acceptors (Lipinski definition) is 4. The van der Waals surface area contributed by atoms with Crippen LogP contribution in [0.5, 0.6) is 0 Å². The first-order valence-electron chi connectivity index (χ1n) is 6.37. The summed E-state index contributed by atoms with van der Waals surface area (Å²) >= 11 is 0. The largest absolute Gasteiger partial charge is 0.478 e. The topological polar surface area (TPSA) is 62.7 Å². The van der Waals surface area contributed by atoms with E-state index in [-0.39, 0.29) is 11.7 Å². The summed E-state index contributed by atoms with van der Waals surface area (Å²) < 4.78 is 18.7. The van der Waals surface area contributed by atoms with Crippen molar-refractivity contribution in [3.05, 3.63) is 23.6 Å². The fraction of sp³-hybridized carbons (Fsp3) is 0.538. The third kappa shape index (κ3) is 3.20. The molecule has 0 spiro atoms. The van der Waals surface area contributed by atoms with Gasteiger partial charge < -0.3 is 14.7 Å². The van der Waals surface area contributed by atoms with Crippen LogP contribution in [0, 0.1) is 5.82 Å². The van der Waals surface area contributed by atoms with Gasteiger partial charge in [-0.05, 0) is 25.8 Å². The minimum absolute atomic E-state index is 0.0912. The number of anilines is 1. The molecule has 0 radical (unpaired) electrons. The molecule has 2 rings (SSSR count). The summed E-state index contributed by atoms with van der Waals surface area (Å²) in [6.45, 7) is 3.82. The Bertz CT molecular complexity index is 461. The van der Waals surface area contributed by atoms with Gasteiger partial charge in [-0.1, -0.05) is 0 Å². The Hall–Kier alpha value is -1.69. The van der Waals surface area contributed by atoms with Crippen molar-refractivity contribution in [3.63, 3.8) is 0 Å². The number of likely N-dealkylation sites (N-methyl/N-ethyl adjacent to an activating group) is 1. The number of carboxylic acid groups (broad SMARTS) is 1. The lowest BCUT2D eigenvalue weighted by Crippen LogP contribution is -2.33. The third-order valence-corrected chi connectivity index (χ3v) is 3.19. The first-order chi connectivity index (χ1) is 9.11. The van der Waals surface area contributed by atoms with Gasteiger partial charge in [-0.25, -0.2) is 14.2 Å². The van der Waals surface area contributed by atoms with Crippen LogP contribution in [0.4, 0.5) is 10.2 Å². The van der Waals surface area contributed by atoms with Gasteiger partial charge >= 0.3 is 5.97 Å². The van der Waals surface area contributed by atoms with E-state index in [1.165, 1.54) is 0 Å². The molecule has 1 saturated heterocycles. The fourth-order valence-electron chi connectivity index (χ4n) is 2.24. The highest BCUT2D eigenvalue weighted by Crippen LogP contribution is 2.21. The zero-order valence-electron chi connectivity index (χ0n) is 10.8. The smallest absolute Gasteiger partial charge is 0.339 e. The third-order valence-electron chi connectivity index (χ3n) is 3.19. The summed E-state index contributed by atoms with van der Waals surface area (Å²) in [6, 6.07) is 1.00. The first-order valence-corrected chi connectivity index (χ1v) is 6.37. The molecule has 5 nitrogen and oxygen atoms in total. The Balaban J connectivity index is 2.23. The van der Waals surface area contributed by atoms with Crippen molar-refractivity contribution in [1.29, 1.82) is 0 Å². The summed E-state index contributed by atoms with van der Waals surface area (Å²) in [7, 11) is 0. The van der Waals surface area contributed by atoms with Crippen LogP contribution in [0.2, 0.25) is 0 Å². The lowest BCUT2D eigenvalue weighted by atomic mass is 10.2. The van der Waals surface area contributed by atoms with Crippen LogP contribution in [0.1, 0.15) is 30.1 Å². The van der Waals surface area contributed by atoms with Gasteiger partial charge in [0, 0.05) is 19.7 Å². The maximum Gasteiger partial charge on any atom is 0.339 e. The second-order valence-corrected chi connectivity index (χ2v) is 4.50. The Morgan fingerprint density at radius 3 is 3.05 bits per heavy atom. The molecule has 19 heavy (non-hydrogen) atoms. The molecule has 1 unspecified atom stereocenters. The van der Waals surface area contributed by atoms with Gasteiger partial charge in [-0.15, -0.1) is 0 Å². The average molecular weight is 268 g/mol. The minimum atomic E-state index is -1.17. The van der Waals surface area contributed by atoms with Crippen molar-refractivity contribution in [3.8, 4) is 0 Å². The molecule has 1 aromatic rings. The van der Waals surface area contributed by atoms with Gasteiger partial charge in [0.1, 0.15) is 17.2 Å². The molecule has 0 saturated carbocycles. The second kappa shape index (κ2) is 5.97. The zero-order valence-corrected chi connectivity index (χ0v) is 10.8. The van der Waals surface area contributed by atoms with E-state index in [9.17, 15) is 9.18 Å². The Morgan fingerprint density at radius 1 is 1.68 bits per heavy atom. The molecule has 6 heteroatoms. The molecule has 0 aliphatic carbocycles. The van der Waals surface area contributed by atoms with Gasteiger partial charge in [0.25, 0.3) is 0 Å². The van der Waals surface area contributed by atoms with Gasteiger partial charge in [0.15, 0.2) is 0 Å². The molecule has 0 amide bonds. The lowest BCUT2D eigenvalue weighted by molar-refractivity contribution is 0.0696. The molecule has 1 aliphatic heterocycles. The number of hydrogen-bond donors (Lipinski definition) is 1. The van der Waals surface area contributed by atoms with Gasteiger partial charge in [0.05, 0.1) is 12.3 Å². The lowest BCUT2D eigenvalue weighted by Gasteiger charge is -2.26. The Morgan fingerprint density at radius 2 is 2.47 bits per heavy atom. The molecule has 1 aromatic heterocycles. The SMILES string of the molecule is CCN(CC1CCCO1)c1ncc(F)cc1C(=O)O. The van der Waals surface area contributed by atoms with E-state index in [2.05, 4.69) is 4.98 Å². The first kappa shape index (κ1) is 13.7. The summed E-state index contributed by atoms with van der Waals surface area (Å²) in [6.07, 6.45) is 3.11. The number of pyridine rings is 1. The van der Waals surface area contributed by atoms with Crippen molar-refractivity contribution in [1.82, 2.24) is 4.98 Å². The molecule has 1 aliphatic rings. The van der Waals surface area contributed by atoms with Crippen molar-refractivity contribution < 1.29 is 19.0 Å². The monoisotopic (exact) mass is 268 g/mol. The van der Waals surface area contributed by atoms with E-state index in [1.807, 2.05) is 11.8 Å². The maximum absolute atomic E-state index is 13.1. The molecule has 104 valence electrons. The summed E-state index contributed by atoms with van der Waals surface area (Å²) in [4.78, 5) is 16.9. The average Bonchev–Trinajstić information content (AvgIpc) is 2.89. The highest BCUT2D eigenvalue weighted by molar-refractivity contribution is 5.93. The minimum Gasteiger partial charge on any atom is -0.478 e. The van der Waals surface area contributed by atoms with Crippen LogP contribution in [0.15, 0.2) is 12.3 Å². The highest BCUT2D eigenvalue weighted by atomic mass is 19.1. The molecule has 0 bridgehead atoms. The normalized spacial score (nSPS) is 18.5. The molecular weight excluding hydrogens is 251 g/mol. The number of aromatic carboxylic acids is 1. The van der Waals surface area contributed by atoms with Crippen LogP contribution in [0.3, 0.4) is 0 Å². The molecule has 2 heterocycles. The zero-order chi connectivity index (χ0) is 13.8. The van der Waals surface area contributed by atoms with Gasteiger partial charge in [-0.2, -0.15) is 0 Å². The van der Waals surface area contributed by atoms with E-state index < -0.39 is 11.8 Å². The van der Waals surface area contributed by atoms with E-state index >= 15 is 0 Å². The van der Waals surface area contributed by atoms with E-state index in [1.54, 1.807) is 0 Å². The molecule has 1 N–H and O–H groups in total. The van der Waals surface area contributed by atoms with Crippen molar-refractivity contribution in [2.75, 3.05) is 24.6 Å². The van der Waals surface area contributed by atoms with Crippen LogP contribution >= 0.6 is 0 Å². The van der Waals surface area contributed by atoms with Gasteiger partial charge in [-0.3, -0.25) is 0 Å². The summed E-state index contributed by atoms with van der Waals surface area (Å²) in [5.41, 5.74) is -0.111. The number of rotatable bonds is 5. The Kier molecular flexibility index (Phi) is 4.31. The van der Waals surface area contributed by atoms with Crippen molar-refractivity contribution in [2.45, 2.75) is 25.9 Å². The predicted octanol–water partition coefficient (Wildman–Crippen LogP) is 1.92. The predicted molar refractivity (Wildman–Crippen MR) is 68.0 cm³/mol. The quantitative estimate of drug-likeness (QED) is 0.884. The summed E-state index contributed by atoms with van der Waals surface area (Å²) in [5, 5.41) is 9.13.